The zero-order valence-corrected chi connectivity index (χ0v) is 21.7. The van der Waals surface area contributed by atoms with Gasteiger partial charge in [-0.05, 0) is 55.3 Å². The molecule has 2 saturated heterocycles. The fourth-order valence-corrected chi connectivity index (χ4v) is 5.44. The molecule has 1 N–H and O–H groups in total. The Labute approximate surface area is 218 Å². The Morgan fingerprint density at radius 1 is 0.973 bits per heavy atom. The number of para-hydroxylation sites is 1. The van der Waals surface area contributed by atoms with Crippen molar-refractivity contribution >= 4 is 23.4 Å². The lowest BCUT2D eigenvalue weighted by molar-refractivity contribution is 0.0303. The van der Waals surface area contributed by atoms with Crippen LogP contribution in [0.3, 0.4) is 0 Å². The second-order valence-electron chi connectivity index (χ2n) is 9.88. The molecule has 2 heterocycles. The van der Waals surface area contributed by atoms with E-state index in [1.54, 1.807) is 36.3 Å². The van der Waals surface area contributed by atoms with Gasteiger partial charge >= 0.3 is 6.09 Å². The van der Waals surface area contributed by atoms with Gasteiger partial charge in [-0.15, -0.1) is 0 Å². The smallest absolute Gasteiger partial charge is 0.411 e. The third-order valence-electron chi connectivity index (χ3n) is 7.54. The molecule has 2 aromatic rings. The van der Waals surface area contributed by atoms with Crippen molar-refractivity contribution in [1.29, 1.82) is 0 Å². The molecule has 0 saturated carbocycles. The van der Waals surface area contributed by atoms with Gasteiger partial charge in [0.1, 0.15) is 11.9 Å². The number of hydrogen-bond acceptors (Lipinski definition) is 7. The fourth-order valence-electron chi connectivity index (χ4n) is 5.44. The Balaban J connectivity index is 1.28. The summed E-state index contributed by atoms with van der Waals surface area (Å²) in [6.07, 6.45) is 1.34. The Kier molecular flexibility index (Phi) is 7.81. The zero-order valence-electron chi connectivity index (χ0n) is 21.7. The van der Waals surface area contributed by atoms with Gasteiger partial charge < -0.3 is 28.9 Å². The number of likely N-dealkylation sites (N-methyl/N-ethyl adjacent to an activating group) is 1. The monoisotopic (exact) mass is 508 g/mol. The average molecular weight is 509 g/mol. The maximum absolute atomic E-state index is 13.1. The minimum Gasteiger partial charge on any atom is -0.496 e. The van der Waals surface area contributed by atoms with Gasteiger partial charge in [-0.2, -0.15) is 0 Å². The van der Waals surface area contributed by atoms with Crippen molar-refractivity contribution in [3.63, 3.8) is 0 Å². The van der Waals surface area contributed by atoms with E-state index in [9.17, 15) is 9.59 Å². The highest BCUT2D eigenvalue weighted by molar-refractivity contribution is 6.02. The Morgan fingerprint density at radius 2 is 1.73 bits per heavy atom. The summed E-state index contributed by atoms with van der Waals surface area (Å²) in [5.74, 6) is 0.779. The lowest BCUT2D eigenvalue weighted by Crippen LogP contribution is -2.45. The van der Waals surface area contributed by atoms with Gasteiger partial charge in [-0.25, -0.2) is 4.79 Å². The van der Waals surface area contributed by atoms with E-state index < -0.39 is 6.09 Å². The van der Waals surface area contributed by atoms with Crippen molar-refractivity contribution < 1.29 is 23.8 Å². The summed E-state index contributed by atoms with van der Waals surface area (Å²) in [6, 6.07) is 11.3. The van der Waals surface area contributed by atoms with Crippen LogP contribution in [0.2, 0.25) is 0 Å². The number of nitrogens with zero attached hydrogens (tertiary/aromatic N) is 3. The van der Waals surface area contributed by atoms with Crippen LogP contribution in [0.25, 0.3) is 0 Å². The van der Waals surface area contributed by atoms with Crippen LogP contribution in [0.1, 0.15) is 27.9 Å². The third kappa shape index (κ3) is 5.67. The van der Waals surface area contributed by atoms with E-state index in [-0.39, 0.29) is 12.0 Å². The highest BCUT2D eigenvalue weighted by Gasteiger charge is 2.29. The molecule has 37 heavy (non-hydrogen) atoms. The van der Waals surface area contributed by atoms with E-state index in [1.807, 2.05) is 0 Å². The molecule has 1 aliphatic carbocycles. The number of benzene rings is 2. The van der Waals surface area contributed by atoms with Crippen LogP contribution in [-0.2, 0) is 22.3 Å². The van der Waals surface area contributed by atoms with E-state index >= 15 is 0 Å². The first kappa shape index (κ1) is 25.4. The summed E-state index contributed by atoms with van der Waals surface area (Å²) < 4.78 is 16.9. The minimum atomic E-state index is -0.542. The molecule has 1 atom stereocenters. The topological polar surface area (TPSA) is 83.6 Å². The number of hydrogen-bond donors (Lipinski definition) is 1. The number of piperazine rings is 1. The van der Waals surface area contributed by atoms with Crippen LogP contribution in [-0.4, -0.2) is 94.5 Å². The summed E-state index contributed by atoms with van der Waals surface area (Å²) in [5, 5.41) is 2.83. The Hall–Kier alpha value is -3.30. The second kappa shape index (κ2) is 11.4. The van der Waals surface area contributed by atoms with Crippen molar-refractivity contribution in [1.82, 2.24) is 9.80 Å². The lowest BCUT2D eigenvalue weighted by atomic mass is 9.87. The predicted octanol–water partition coefficient (Wildman–Crippen LogP) is 3.03. The van der Waals surface area contributed by atoms with Gasteiger partial charge in [0.05, 0.1) is 31.6 Å². The predicted molar refractivity (Wildman–Crippen MR) is 142 cm³/mol. The molecule has 198 valence electrons. The summed E-state index contributed by atoms with van der Waals surface area (Å²) in [7, 11) is 3.85. The van der Waals surface area contributed by atoms with Crippen LogP contribution in [0.4, 0.5) is 16.2 Å². The highest BCUT2D eigenvalue weighted by atomic mass is 16.6. The summed E-state index contributed by atoms with van der Waals surface area (Å²) in [6.45, 7) is 6.10. The fraction of sp³-hybridized carbons (Fsp3) is 0.500. The van der Waals surface area contributed by atoms with Crippen LogP contribution < -0.4 is 15.0 Å². The highest BCUT2D eigenvalue weighted by Crippen LogP contribution is 2.38. The quantitative estimate of drug-likeness (QED) is 0.665. The Bertz CT molecular complexity index is 1130. The molecule has 2 amide bonds. The van der Waals surface area contributed by atoms with Gasteiger partial charge in [0.25, 0.3) is 5.91 Å². The molecule has 0 unspecified atom stereocenters. The third-order valence-corrected chi connectivity index (χ3v) is 7.54. The molecule has 9 heteroatoms. The largest absolute Gasteiger partial charge is 0.496 e. The van der Waals surface area contributed by atoms with E-state index in [2.05, 4.69) is 34.3 Å². The zero-order chi connectivity index (χ0) is 25.8. The van der Waals surface area contributed by atoms with Crippen molar-refractivity contribution in [2.24, 2.45) is 0 Å². The maximum Gasteiger partial charge on any atom is 0.411 e. The molecule has 2 aromatic carbocycles. The maximum atomic E-state index is 13.1. The average Bonchev–Trinajstić information content (AvgIpc) is 2.93. The molecule has 5 rings (SSSR count). The van der Waals surface area contributed by atoms with Crippen LogP contribution in [0.15, 0.2) is 36.4 Å². The molecule has 0 spiro atoms. The number of rotatable bonds is 5. The molecule has 0 aromatic heterocycles. The number of anilines is 2. The van der Waals surface area contributed by atoms with Crippen molar-refractivity contribution in [3.8, 4) is 5.75 Å². The number of ether oxygens (including phenoxy) is 3. The number of fused-ring (bicyclic) bond motifs is 1. The van der Waals surface area contributed by atoms with Gasteiger partial charge in [0, 0.05) is 51.4 Å². The van der Waals surface area contributed by atoms with Crippen molar-refractivity contribution in [3.05, 3.63) is 53.1 Å². The molecule has 0 radical (unpaired) electrons. The second-order valence-corrected chi connectivity index (χ2v) is 9.88. The van der Waals surface area contributed by atoms with Crippen molar-refractivity contribution in [2.45, 2.75) is 25.4 Å². The summed E-state index contributed by atoms with van der Waals surface area (Å²) in [4.78, 5) is 32.5. The first-order valence-electron chi connectivity index (χ1n) is 13.1. The van der Waals surface area contributed by atoms with Gasteiger partial charge in [-0.1, -0.05) is 12.1 Å². The molecule has 2 fully saturated rings. The van der Waals surface area contributed by atoms with Gasteiger partial charge in [-0.3, -0.25) is 10.1 Å². The number of amides is 2. The van der Waals surface area contributed by atoms with E-state index in [4.69, 9.17) is 14.2 Å². The lowest BCUT2D eigenvalue weighted by Gasteiger charge is -2.37. The van der Waals surface area contributed by atoms with E-state index in [0.29, 0.717) is 44.0 Å². The number of carbonyl (C=O) groups is 2. The molecule has 0 bridgehead atoms. The van der Waals surface area contributed by atoms with Gasteiger partial charge in [0.15, 0.2) is 0 Å². The van der Waals surface area contributed by atoms with Crippen LogP contribution >= 0.6 is 0 Å². The van der Waals surface area contributed by atoms with Crippen molar-refractivity contribution in [2.75, 3.05) is 76.9 Å². The molecular weight excluding hydrogens is 472 g/mol. The van der Waals surface area contributed by atoms with E-state index in [1.165, 1.54) is 16.8 Å². The number of nitrogens with one attached hydrogen (secondary N) is 1. The number of methoxy groups -OCH3 is 1. The number of carbonyl (C=O) groups excluding carboxylic acids is 2. The molecule has 9 nitrogen and oxygen atoms in total. The summed E-state index contributed by atoms with van der Waals surface area (Å²) in [5.41, 5.74) is 4.54. The minimum absolute atomic E-state index is 0.116. The normalized spacial score (nSPS) is 20.2. The molecule has 3 aliphatic rings. The SMILES string of the molecule is COc1ccc(N2CCN(C)CC2)c2c1CC[C@@H](OC(=O)Nc1ccccc1C(=O)N1CCOCC1)C2. The van der Waals surface area contributed by atoms with Gasteiger partial charge in [0.2, 0.25) is 0 Å². The first-order chi connectivity index (χ1) is 18.0. The first-order valence-corrected chi connectivity index (χ1v) is 13.1. The number of morpholine rings is 1. The Morgan fingerprint density at radius 3 is 2.49 bits per heavy atom. The van der Waals surface area contributed by atoms with Crippen LogP contribution in [0.5, 0.6) is 5.75 Å². The molecule has 2 aliphatic heterocycles. The standard InChI is InChI=1S/C28H36N4O5/c1-30-11-13-31(14-12-30)25-9-10-26(35-2)21-8-7-20(19-23(21)25)37-28(34)29-24-6-4-3-5-22(24)27(33)32-15-17-36-18-16-32/h3-6,9-10,20H,7-8,11-19H2,1-2H3,(H,29,34)/t20-/m1/s1. The van der Waals surface area contributed by atoms with Crippen LogP contribution in [0, 0.1) is 0 Å². The summed E-state index contributed by atoms with van der Waals surface area (Å²) >= 11 is 0. The molecular formula is C28H36N4O5. The van der Waals surface area contributed by atoms with E-state index in [0.717, 1.165) is 44.8 Å².